The van der Waals surface area contributed by atoms with E-state index < -0.39 is 23.4 Å². The van der Waals surface area contributed by atoms with Crippen LogP contribution in [-0.4, -0.2) is 29.7 Å². The minimum atomic E-state index is -4.54. The second kappa shape index (κ2) is 9.23. The minimum Gasteiger partial charge on any atom is -0.367 e. The molecule has 0 aliphatic carbocycles. The van der Waals surface area contributed by atoms with Crippen molar-refractivity contribution in [3.8, 4) is 0 Å². The van der Waals surface area contributed by atoms with Crippen LogP contribution in [0.5, 0.6) is 0 Å². The minimum absolute atomic E-state index is 0.0623. The second-order valence-corrected chi connectivity index (χ2v) is 6.61. The Morgan fingerprint density at radius 2 is 1.85 bits per heavy atom. The maximum absolute atomic E-state index is 12.5. The van der Waals surface area contributed by atoms with Gasteiger partial charge in [0, 0.05) is 29.7 Å². The van der Waals surface area contributed by atoms with Gasteiger partial charge in [-0.25, -0.2) is 4.98 Å². The number of thioether (sulfide) groups is 1. The van der Waals surface area contributed by atoms with Crippen LogP contribution >= 0.6 is 23.4 Å². The summed E-state index contributed by atoms with van der Waals surface area (Å²) in [6.45, 7) is 0.314. The Balaban J connectivity index is 1.82. The van der Waals surface area contributed by atoms with E-state index in [1.807, 2.05) is 0 Å². The molecule has 1 aromatic carbocycles. The average molecular weight is 426 g/mol. The van der Waals surface area contributed by atoms with Gasteiger partial charge in [-0.1, -0.05) is 23.4 Å². The fraction of sp³-hybridized carbons (Fsp3) is 0.250. The van der Waals surface area contributed by atoms with Crippen LogP contribution < -0.4 is 10.6 Å². The van der Waals surface area contributed by atoms with Gasteiger partial charge in [0.25, 0.3) is 11.7 Å². The molecule has 0 aliphatic heterocycles. The van der Waals surface area contributed by atoms with Gasteiger partial charge in [0.05, 0.1) is 10.6 Å². The number of nitrogens with one attached hydrogen (secondary N) is 2. The van der Waals surface area contributed by atoms with E-state index in [2.05, 4.69) is 15.6 Å². The van der Waals surface area contributed by atoms with E-state index in [9.17, 15) is 26.7 Å². The molecule has 2 rings (SSSR count). The summed E-state index contributed by atoms with van der Waals surface area (Å²) in [6.07, 6.45) is -3.88. The first-order chi connectivity index (χ1) is 12.7. The molecule has 11 heteroatoms. The molecule has 0 radical (unpaired) electrons. The van der Waals surface area contributed by atoms with Crippen LogP contribution in [0.1, 0.15) is 15.9 Å². The van der Waals surface area contributed by atoms with E-state index in [0.29, 0.717) is 28.4 Å². The maximum atomic E-state index is 12.5. The summed E-state index contributed by atoms with van der Waals surface area (Å²) in [4.78, 5) is 15.9. The lowest BCUT2D eigenvalue weighted by molar-refractivity contribution is -0.137. The zero-order valence-corrected chi connectivity index (χ0v) is 15.1. The molecule has 0 saturated heterocycles. The van der Waals surface area contributed by atoms with Crippen molar-refractivity contribution in [3.05, 3.63) is 52.7 Å². The van der Waals surface area contributed by atoms with Gasteiger partial charge in [-0.2, -0.15) is 22.0 Å². The zero-order valence-electron chi connectivity index (χ0n) is 13.5. The summed E-state index contributed by atoms with van der Waals surface area (Å²) in [5.41, 5.74) is -0.667. The van der Waals surface area contributed by atoms with Crippen molar-refractivity contribution >= 4 is 35.1 Å². The SMILES string of the molecule is O=C(NCCNc1ncc(C(F)(F)F)cc1Cl)c1ccc(SC(F)F)cc1. The molecule has 146 valence electrons. The number of carbonyl (C=O) groups excluding carboxylic acids is 1. The summed E-state index contributed by atoms with van der Waals surface area (Å²) in [7, 11) is 0. The molecule has 1 aromatic heterocycles. The molecule has 1 amide bonds. The highest BCUT2D eigenvalue weighted by Crippen LogP contribution is 2.32. The third kappa shape index (κ3) is 6.55. The van der Waals surface area contributed by atoms with Crippen molar-refractivity contribution in [3.63, 3.8) is 0 Å². The number of carbonyl (C=O) groups is 1. The van der Waals surface area contributed by atoms with E-state index in [4.69, 9.17) is 11.6 Å². The van der Waals surface area contributed by atoms with Gasteiger partial charge in [0.2, 0.25) is 0 Å². The molecule has 0 spiro atoms. The average Bonchev–Trinajstić information content (AvgIpc) is 2.58. The van der Waals surface area contributed by atoms with Crippen molar-refractivity contribution in [1.29, 1.82) is 0 Å². The van der Waals surface area contributed by atoms with E-state index in [1.165, 1.54) is 24.3 Å². The summed E-state index contributed by atoms with van der Waals surface area (Å²) < 4.78 is 62.1. The molecule has 0 bridgehead atoms. The third-order valence-corrected chi connectivity index (χ3v) is 4.22. The first-order valence-electron chi connectivity index (χ1n) is 7.46. The number of amides is 1. The number of pyridine rings is 1. The van der Waals surface area contributed by atoms with Crippen molar-refractivity contribution < 1.29 is 26.7 Å². The summed E-state index contributed by atoms with van der Waals surface area (Å²) in [5.74, 6) is -2.90. The van der Waals surface area contributed by atoms with Crippen LogP contribution in [0.4, 0.5) is 27.8 Å². The highest BCUT2D eigenvalue weighted by Gasteiger charge is 2.31. The lowest BCUT2D eigenvalue weighted by Gasteiger charge is -2.11. The van der Waals surface area contributed by atoms with Gasteiger partial charge < -0.3 is 10.6 Å². The molecule has 1 heterocycles. The van der Waals surface area contributed by atoms with Crippen molar-refractivity contribution in [1.82, 2.24) is 10.3 Å². The smallest absolute Gasteiger partial charge is 0.367 e. The number of alkyl halides is 5. The molecular weight excluding hydrogens is 413 g/mol. The third-order valence-electron chi connectivity index (χ3n) is 3.21. The van der Waals surface area contributed by atoms with Crippen molar-refractivity contribution in [2.24, 2.45) is 0 Å². The number of nitrogens with zero attached hydrogens (tertiary/aromatic N) is 1. The topological polar surface area (TPSA) is 54.0 Å². The Morgan fingerprint density at radius 1 is 1.19 bits per heavy atom. The number of halogens is 6. The Hall–Kier alpha value is -2.07. The van der Waals surface area contributed by atoms with Gasteiger partial charge in [-0.3, -0.25) is 4.79 Å². The summed E-state index contributed by atoms with van der Waals surface area (Å²) in [5, 5.41) is 5.10. The standard InChI is InChI=1S/C16H13ClF5N3OS/c17-12-7-10(16(20,21)22)8-25-13(12)23-5-6-24-14(26)9-1-3-11(4-2-9)27-15(18)19/h1-4,7-8,15H,5-6H2,(H,23,25)(H,24,26). The van der Waals surface area contributed by atoms with Crippen LogP contribution in [0.15, 0.2) is 41.4 Å². The van der Waals surface area contributed by atoms with Gasteiger partial charge >= 0.3 is 6.18 Å². The predicted molar refractivity (Wildman–Crippen MR) is 93.4 cm³/mol. The molecule has 2 N–H and O–H groups in total. The lowest BCUT2D eigenvalue weighted by Crippen LogP contribution is -2.28. The largest absolute Gasteiger partial charge is 0.417 e. The van der Waals surface area contributed by atoms with Crippen LogP contribution in [0, 0.1) is 0 Å². The van der Waals surface area contributed by atoms with Crippen molar-refractivity contribution in [2.75, 3.05) is 18.4 Å². The molecule has 0 aliphatic rings. The molecule has 0 saturated carbocycles. The zero-order chi connectivity index (χ0) is 20.0. The van der Waals surface area contributed by atoms with Crippen LogP contribution in [0.25, 0.3) is 0 Å². The van der Waals surface area contributed by atoms with E-state index in [0.717, 1.165) is 6.07 Å². The fourth-order valence-electron chi connectivity index (χ4n) is 1.97. The highest BCUT2D eigenvalue weighted by molar-refractivity contribution is 7.99. The van der Waals surface area contributed by atoms with E-state index >= 15 is 0 Å². The summed E-state index contributed by atoms with van der Waals surface area (Å²) >= 11 is 6.13. The number of anilines is 1. The molecule has 0 fully saturated rings. The predicted octanol–water partition coefficient (Wildman–Crippen LogP) is 4.91. The second-order valence-electron chi connectivity index (χ2n) is 5.14. The van der Waals surface area contributed by atoms with Crippen LogP contribution in [0.3, 0.4) is 0 Å². The molecule has 0 unspecified atom stereocenters. The monoisotopic (exact) mass is 425 g/mol. The molecular formula is C16H13ClF5N3OS. The molecule has 0 atom stereocenters. The van der Waals surface area contributed by atoms with Crippen LogP contribution in [0.2, 0.25) is 5.02 Å². The number of hydrogen-bond acceptors (Lipinski definition) is 4. The van der Waals surface area contributed by atoms with Gasteiger partial charge in [-0.15, -0.1) is 0 Å². The number of hydrogen-bond donors (Lipinski definition) is 2. The first kappa shape index (κ1) is 21.2. The quantitative estimate of drug-likeness (QED) is 0.376. The molecule has 2 aromatic rings. The highest BCUT2D eigenvalue weighted by atomic mass is 35.5. The first-order valence-corrected chi connectivity index (χ1v) is 8.72. The molecule has 27 heavy (non-hydrogen) atoms. The Kier molecular flexibility index (Phi) is 7.25. The molecule has 4 nitrogen and oxygen atoms in total. The van der Waals surface area contributed by atoms with Crippen molar-refractivity contribution in [2.45, 2.75) is 16.8 Å². The Bertz CT molecular complexity index is 787. The van der Waals surface area contributed by atoms with Gasteiger partial charge in [0.15, 0.2) is 0 Å². The fourth-order valence-corrected chi connectivity index (χ4v) is 2.70. The van der Waals surface area contributed by atoms with Gasteiger partial charge in [0.1, 0.15) is 5.82 Å². The van der Waals surface area contributed by atoms with Crippen LogP contribution in [-0.2, 0) is 6.18 Å². The lowest BCUT2D eigenvalue weighted by atomic mass is 10.2. The number of aromatic nitrogens is 1. The van der Waals surface area contributed by atoms with E-state index in [1.54, 1.807) is 0 Å². The van der Waals surface area contributed by atoms with Gasteiger partial charge in [-0.05, 0) is 30.3 Å². The summed E-state index contributed by atoms with van der Waals surface area (Å²) in [6, 6.07) is 6.42. The normalized spacial score (nSPS) is 11.5. The Morgan fingerprint density at radius 3 is 2.41 bits per heavy atom. The number of benzene rings is 1. The van der Waals surface area contributed by atoms with E-state index in [-0.39, 0.29) is 23.9 Å². The Labute approximate surface area is 160 Å². The maximum Gasteiger partial charge on any atom is 0.417 e. The number of rotatable bonds is 7.